The van der Waals surface area contributed by atoms with Crippen molar-refractivity contribution in [2.24, 2.45) is 0 Å². The smallest absolute Gasteiger partial charge is 0.244 e. The van der Waals surface area contributed by atoms with Gasteiger partial charge in [-0.15, -0.1) is 0 Å². The number of benzene rings is 2. The predicted octanol–water partition coefficient (Wildman–Crippen LogP) is 4.25. The summed E-state index contributed by atoms with van der Waals surface area (Å²) in [5, 5.41) is 2.95. The first-order chi connectivity index (χ1) is 15.7. The molecule has 0 saturated carbocycles. The third-order valence-corrected chi connectivity index (χ3v) is 6.77. The first-order valence-electron chi connectivity index (χ1n) is 11.1. The zero-order chi connectivity index (χ0) is 25.7. The first-order valence-corrected chi connectivity index (χ1v) is 13.8. The Kier molecular flexibility index (Phi) is 9.30. The van der Waals surface area contributed by atoms with Crippen molar-refractivity contribution in [1.29, 1.82) is 0 Å². The van der Waals surface area contributed by atoms with Crippen molar-refractivity contribution >= 4 is 43.5 Å². The second-order valence-electron chi connectivity index (χ2n) is 9.42. The minimum Gasteiger partial charge on any atom is -0.350 e. The van der Waals surface area contributed by atoms with E-state index in [9.17, 15) is 18.0 Å². The molecule has 0 spiro atoms. The van der Waals surface area contributed by atoms with Gasteiger partial charge in [0, 0.05) is 16.6 Å². The van der Waals surface area contributed by atoms with Crippen molar-refractivity contribution in [2.45, 2.75) is 59.2 Å². The average Bonchev–Trinajstić information content (AvgIpc) is 2.71. The van der Waals surface area contributed by atoms with Crippen molar-refractivity contribution in [2.75, 3.05) is 17.1 Å². The number of nitrogens with one attached hydrogen (secondary N) is 1. The number of carbonyl (C=O) groups excluding carboxylic acids is 2. The fourth-order valence-corrected chi connectivity index (χ4v) is 4.74. The van der Waals surface area contributed by atoms with Crippen LogP contribution in [0, 0.1) is 6.92 Å². The minimum atomic E-state index is -3.76. The van der Waals surface area contributed by atoms with E-state index < -0.39 is 34.1 Å². The lowest BCUT2D eigenvalue weighted by Gasteiger charge is -2.34. The fraction of sp³-hybridized carbons (Fsp3) is 0.440. The molecule has 0 aliphatic carbocycles. The van der Waals surface area contributed by atoms with Crippen LogP contribution in [0.2, 0.25) is 0 Å². The lowest BCUT2D eigenvalue weighted by molar-refractivity contribution is -0.141. The van der Waals surface area contributed by atoms with Crippen LogP contribution < -0.4 is 9.62 Å². The molecule has 0 radical (unpaired) electrons. The maximum absolute atomic E-state index is 13.6. The fourth-order valence-electron chi connectivity index (χ4n) is 3.51. The zero-order valence-electron chi connectivity index (χ0n) is 20.6. The Morgan fingerprint density at radius 1 is 1.09 bits per heavy atom. The molecule has 0 saturated heterocycles. The molecule has 9 heteroatoms. The van der Waals surface area contributed by atoms with Crippen LogP contribution in [0.15, 0.2) is 53.0 Å². The third-order valence-electron chi connectivity index (χ3n) is 5.13. The highest BCUT2D eigenvalue weighted by Crippen LogP contribution is 2.23. The highest BCUT2D eigenvalue weighted by atomic mass is 79.9. The van der Waals surface area contributed by atoms with E-state index >= 15 is 0 Å². The number of rotatable bonds is 9. The number of nitrogens with zero attached hydrogens (tertiary/aromatic N) is 2. The maximum Gasteiger partial charge on any atom is 0.244 e. The minimum absolute atomic E-state index is 0.186. The molecule has 0 fully saturated rings. The van der Waals surface area contributed by atoms with Crippen molar-refractivity contribution in [1.82, 2.24) is 10.2 Å². The molecule has 0 aliphatic heterocycles. The van der Waals surface area contributed by atoms with Gasteiger partial charge in [0.05, 0.1) is 11.9 Å². The quantitative estimate of drug-likeness (QED) is 0.504. The first kappa shape index (κ1) is 27.9. The van der Waals surface area contributed by atoms with Crippen LogP contribution in [0.3, 0.4) is 0 Å². The lowest BCUT2D eigenvalue weighted by Crippen LogP contribution is -2.55. The number of hydrogen-bond donors (Lipinski definition) is 1. The summed E-state index contributed by atoms with van der Waals surface area (Å²) in [6.07, 6.45) is 1.45. The summed E-state index contributed by atoms with van der Waals surface area (Å²) in [5.41, 5.74) is 1.83. The van der Waals surface area contributed by atoms with Crippen LogP contribution in [0.1, 0.15) is 45.2 Å². The van der Waals surface area contributed by atoms with E-state index in [1.165, 1.54) is 4.90 Å². The molecular weight excluding hydrogens is 518 g/mol. The number of hydrogen-bond acceptors (Lipinski definition) is 4. The van der Waals surface area contributed by atoms with Crippen LogP contribution in [-0.4, -0.2) is 49.5 Å². The summed E-state index contributed by atoms with van der Waals surface area (Å²) in [5.74, 6) is -0.731. The Hall–Kier alpha value is -2.39. The number of aryl methyl sites for hydroxylation is 1. The SMILES string of the molecule is CC[C@@H](C(=O)NC(C)(C)C)N(Cc1ccc(C)cc1)C(=O)CN(c1cccc(Br)c1)S(C)(=O)=O. The van der Waals surface area contributed by atoms with Gasteiger partial charge in [-0.2, -0.15) is 0 Å². The summed E-state index contributed by atoms with van der Waals surface area (Å²) >= 11 is 3.35. The zero-order valence-corrected chi connectivity index (χ0v) is 23.0. The standard InChI is InChI=1S/C25H34BrN3O4S/c1-7-22(24(31)27-25(3,4)5)28(16-19-13-11-18(2)12-14-19)23(30)17-29(34(6,32)33)21-10-8-9-20(26)15-21/h8-15,22H,7,16-17H2,1-6H3,(H,27,31)/t22-/m0/s1. The summed E-state index contributed by atoms with van der Waals surface area (Å²) in [4.78, 5) is 28.2. The molecule has 1 atom stereocenters. The molecule has 0 aliphatic rings. The molecule has 1 N–H and O–H groups in total. The summed E-state index contributed by atoms with van der Waals surface area (Å²) in [7, 11) is -3.76. The largest absolute Gasteiger partial charge is 0.350 e. The third kappa shape index (κ3) is 8.13. The summed E-state index contributed by atoms with van der Waals surface area (Å²) in [6, 6.07) is 13.7. The van der Waals surface area contributed by atoms with Gasteiger partial charge in [-0.1, -0.05) is 58.7 Å². The van der Waals surface area contributed by atoms with Crippen molar-refractivity contribution in [3.8, 4) is 0 Å². The van der Waals surface area contributed by atoms with E-state index in [1.54, 1.807) is 24.3 Å². The Bertz CT molecular complexity index is 1110. The molecule has 2 rings (SSSR count). The van der Waals surface area contributed by atoms with Crippen molar-refractivity contribution in [3.05, 3.63) is 64.1 Å². The monoisotopic (exact) mass is 551 g/mol. The Morgan fingerprint density at radius 2 is 1.71 bits per heavy atom. The molecule has 0 aromatic heterocycles. The molecule has 0 unspecified atom stereocenters. The number of anilines is 1. The highest BCUT2D eigenvalue weighted by molar-refractivity contribution is 9.10. The van der Waals surface area contributed by atoms with Gasteiger partial charge >= 0.3 is 0 Å². The van der Waals surface area contributed by atoms with E-state index in [1.807, 2.05) is 58.9 Å². The molecule has 2 amide bonds. The maximum atomic E-state index is 13.6. The second kappa shape index (κ2) is 11.4. The average molecular weight is 553 g/mol. The molecule has 186 valence electrons. The topological polar surface area (TPSA) is 86.8 Å². The normalized spacial score (nSPS) is 12.7. The number of halogens is 1. The number of carbonyl (C=O) groups is 2. The molecule has 34 heavy (non-hydrogen) atoms. The van der Waals surface area contributed by atoms with Gasteiger partial charge in [-0.3, -0.25) is 13.9 Å². The molecule has 2 aromatic rings. The predicted molar refractivity (Wildman–Crippen MR) is 140 cm³/mol. The Balaban J connectivity index is 2.45. The van der Waals surface area contributed by atoms with Gasteiger partial charge in [0.2, 0.25) is 21.8 Å². The van der Waals surface area contributed by atoms with E-state index in [4.69, 9.17) is 0 Å². The second-order valence-corrected chi connectivity index (χ2v) is 12.2. The van der Waals surface area contributed by atoms with E-state index in [0.717, 1.165) is 21.7 Å². The molecule has 2 aromatic carbocycles. The van der Waals surface area contributed by atoms with Crippen LogP contribution in [-0.2, 0) is 26.2 Å². The van der Waals surface area contributed by atoms with E-state index in [-0.39, 0.29) is 12.5 Å². The molecule has 0 bridgehead atoms. The van der Waals surface area contributed by atoms with Gasteiger partial charge in [0.15, 0.2) is 0 Å². The summed E-state index contributed by atoms with van der Waals surface area (Å²) < 4.78 is 27.0. The van der Waals surface area contributed by atoms with Crippen LogP contribution in [0.25, 0.3) is 0 Å². The van der Waals surface area contributed by atoms with Gasteiger partial charge in [-0.25, -0.2) is 8.42 Å². The van der Waals surface area contributed by atoms with E-state index in [2.05, 4.69) is 21.2 Å². The molecule has 7 nitrogen and oxygen atoms in total. The van der Waals surface area contributed by atoms with Crippen molar-refractivity contribution < 1.29 is 18.0 Å². The van der Waals surface area contributed by atoms with E-state index in [0.29, 0.717) is 16.6 Å². The van der Waals surface area contributed by atoms with Crippen molar-refractivity contribution in [3.63, 3.8) is 0 Å². The van der Waals surface area contributed by atoms with Gasteiger partial charge in [-0.05, 0) is 57.9 Å². The van der Waals surface area contributed by atoms with Gasteiger partial charge in [0.25, 0.3) is 0 Å². The van der Waals surface area contributed by atoms with Crippen LogP contribution in [0.5, 0.6) is 0 Å². The Morgan fingerprint density at radius 3 is 2.21 bits per heavy atom. The number of sulfonamides is 1. The Labute approximate surface area is 211 Å². The van der Waals surface area contributed by atoms with Gasteiger partial charge in [0.1, 0.15) is 12.6 Å². The van der Waals surface area contributed by atoms with Crippen LogP contribution >= 0.6 is 15.9 Å². The number of amides is 2. The molecule has 0 heterocycles. The lowest BCUT2D eigenvalue weighted by atomic mass is 10.1. The highest BCUT2D eigenvalue weighted by Gasteiger charge is 2.33. The molecular formula is C25H34BrN3O4S. The van der Waals surface area contributed by atoms with Crippen LogP contribution in [0.4, 0.5) is 5.69 Å². The van der Waals surface area contributed by atoms with Gasteiger partial charge < -0.3 is 10.2 Å². The summed E-state index contributed by atoms with van der Waals surface area (Å²) in [6.45, 7) is 9.21.